The molecular formula is C11H12BrIN2O5. The second kappa shape index (κ2) is 6.52. The van der Waals surface area contributed by atoms with Crippen LogP contribution in [0.3, 0.4) is 0 Å². The number of aliphatic hydroxyl groups is 2. The summed E-state index contributed by atoms with van der Waals surface area (Å²) in [6.07, 6.45) is -0.763. The average Bonchev–Trinajstić information content (AvgIpc) is 2.79. The van der Waals surface area contributed by atoms with Crippen LogP contribution in [0.4, 0.5) is 0 Å². The van der Waals surface area contributed by atoms with Crippen molar-refractivity contribution in [2.75, 3.05) is 6.61 Å². The number of hydrogen-bond donors (Lipinski definition) is 3. The Balaban J connectivity index is 2.43. The molecule has 0 radical (unpaired) electrons. The summed E-state index contributed by atoms with van der Waals surface area (Å²) < 4.78 is 8.79. The van der Waals surface area contributed by atoms with Crippen LogP contribution in [0.25, 0.3) is 4.48 Å². The van der Waals surface area contributed by atoms with Crippen LogP contribution in [0.2, 0.25) is 0 Å². The SMILES string of the molecule is O=c1[nH]c(=O)n([C@H]2C[C@H](O)[C@@H](CO)O2)cc1C(Br)=CI. The monoisotopic (exact) mass is 458 g/mol. The van der Waals surface area contributed by atoms with E-state index in [4.69, 9.17) is 9.84 Å². The first-order valence-electron chi connectivity index (χ1n) is 5.74. The van der Waals surface area contributed by atoms with Crippen molar-refractivity contribution in [2.45, 2.75) is 24.9 Å². The number of H-pyrrole nitrogens is 1. The van der Waals surface area contributed by atoms with E-state index in [9.17, 15) is 14.7 Å². The van der Waals surface area contributed by atoms with Gasteiger partial charge in [-0.3, -0.25) is 14.3 Å². The van der Waals surface area contributed by atoms with Gasteiger partial charge in [-0.15, -0.1) is 0 Å². The number of ether oxygens (including phenoxy) is 1. The van der Waals surface area contributed by atoms with Crippen LogP contribution in [0.15, 0.2) is 19.9 Å². The number of nitrogens with zero attached hydrogens (tertiary/aromatic N) is 1. The smallest absolute Gasteiger partial charge is 0.330 e. The van der Waals surface area contributed by atoms with Gasteiger partial charge in [-0.25, -0.2) is 4.79 Å². The lowest BCUT2D eigenvalue weighted by molar-refractivity contribution is -0.0459. The van der Waals surface area contributed by atoms with Gasteiger partial charge in [-0.2, -0.15) is 0 Å². The Hall–Kier alpha value is -0.490. The van der Waals surface area contributed by atoms with Crippen molar-refractivity contribution in [1.82, 2.24) is 9.55 Å². The molecule has 7 nitrogen and oxygen atoms in total. The molecule has 9 heteroatoms. The molecule has 0 amide bonds. The fourth-order valence-corrected chi connectivity index (χ4v) is 2.60. The van der Waals surface area contributed by atoms with Crippen molar-refractivity contribution in [3.05, 3.63) is 36.7 Å². The lowest BCUT2D eigenvalue weighted by Crippen LogP contribution is -2.33. The lowest BCUT2D eigenvalue weighted by Gasteiger charge is -2.15. The second-order valence-electron chi connectivity index (χ2n) is 4.28. The Morgan fingerprint density at radius 1 is 1.65 bits per heavy atom. The minimum absolute atomic E-state index is 0.169. The highest BCUT2D eigenvalue weighted by molar-refractivity contribution is 14.1. The van der Waals surface area contributed by atoms with Crippen molar-refractivity contribution in [3.63, 3.8) is 0 Å². The van der Waals surface area contributed by atoms with Crippen LogP contribution in [0.1, 0.15) is 18.2 Å². The predicted octanol–water partition coefficient (Wildman–Crippen LogP) is 0.306. The Labute approximate surface area is 135 Å². The molecule has 1 aliphatic rings. The van der Waals surface area contributed by atoms with Crippen molar-refractivity contribution in [3.8, 4) is 0 Å². The maximum absolute atomic E-state index is 11.8. The molecule has 3 atom stereocenters. The molecule has 2 heterocycles. The van der Waals surface area contributed by atoms with Crippen LogP contribution in [0.5, 0.6) is 0 Å². The van der Waals surface area contributed by atoms with Crippen LogP contribution >= 0.6 is 38.5 Å². The number of aliphatic hydroxyl groups excluding tert-OH is 2. The number of aromatic nitrogens is 2. The molecular weight excluding hydrogens is 447 g/mol. The van der Waals surface area contributed by atoms with Gasteiger partial charge in [0.2, 0.25) is 0 Å². The van der Waals surface area contributed by atoms with E-state index in [1.807, 2.05) is 22.6 Å². The fourth-order valence-electron chi connectivity index (χ4n) is 1.98. The van der Waals surface area contributed by atoms with Gasteiger partial charge in [0.05, 0.1) is 18.3 Å². The van der Waals surface area contributed by atoms with Crippen LogP contribution in [0, 0.1) is 0 Å². The Morgan fingerprint density at radius 3 is 2.90 bits per heavy atom. The lowest BCUT2D eigenvalue weighted by atomic mass is 10.2. The summed E-state index contributed by atoms with van der Waals surface area (Å²) >= 11 is 5.19. The third-order valence-electron chi connectivity index (χ3n) is 3.02. The van der Waals surface area contributed by atoms with Gasteiger partial charge in [0, 0.05) is 17.1 Å². The molecule has 1 aliphatic heterocycles. The van der Waals surface area contributed by atoms with Crippen molar-refractivity contribution in [1.29, 1.82) is 0 Å². The van der Waals surface area contributed by atoms with Gasteiger partial charge in [0.1, 0.15) is 12.3 Å². The van der Waals surface area contributed by atoms with Gasteiger partial charge in [-0.05, 0) is 20.0 Å². The Morgan fingerprint density at radius 2 is 2.35 bits per heavy atom. The molecule has 0 aliphatic carbocycles. The molecule has 0 unspecified atom stereocenters. The first kappa shape index (κ1) is 15.9. The molecule has 0 aromatic carbocycles. The van der Waals surface area contributed by atoms with E-state index in [-0.39, 0.29) is 18.6 Å². The highest BCUT2D eigenvalue weighted by Gasteiger charge is 2.35. The summed E-state index contributed by atoms with van der Waals surface area (Å²) in [7, 11) is 0. The van der Waals surface area contributed by atoms with Crippen LogP contribution in [-0.4, -0.2) is 38.6 Å². The summed E-state index contributed by atoms with van der Waals surface area (Å²) in [5.41, 5.74) is -0.851. The predicted molar refractivity (Wildman–Crippen MR) is 83.9 cm³/mol. The summed E-state index contributed by atoms with van der Waals surface area (Å²) in [6, 6.07) is 0. The molecule has 0 spiro atoms. The van der Waals surface area contributed by atoms with Crippen molar-refractivity contribution < 1.29 is 14.9 Å². The topological polar surface area (TPSA) is 105 Å². The van der Waals surface area contributed by atoms with Gasteiger partial charge in [0.15, 0.2) is 0 Å². The molecule has 1 saturated heterocycles. The fraction of sp³-hybridized carbons (Fsp3) is 0.455. The summed E-state index contributed by atoms with van der Waals surface area (Å²) in [5.74, 6) is 0. The highest BCUT2D eigenvalue weighted by Crippen LogP contribution is 2.28. The Bertz CT molecular complexity index is 640. The number of aromatic amines is 1. The van der Waals surface area contributed by atoms with E-state index in [0.717, 1.165) is 0 Å². The zero-order chi connectivity index (χ0) is 14.9. The van der Waals surface area contributed by atoms with Gasteiger partial charge < -0.3 is 14.9 Å². The molecule has 0 saturated carbocycles. The summed E-state index contributed by atoms with van der Waals surface area (Å²) in [4.78, 5) is 25.8. The van der Waals surface area contributed by atoms with Crippen LogP contribution in [-0.2, 0) is 4.74 Å². The third-order valence-corrected chi connectivity index (χ3v) is 5.15. The standard InChI is InChI=1S/C11H12BrIN2O5/c12-6(2-13)5-3-15(11(19)14-10(5)18)9-1-7(17)8(4-16)20-9/h2-3,7-9,16-17H,1,4H2,(H,14,18,19)/t7-,8+,9+/m0/s1. The van der Waals surface area contributed by atoms with Gasteiger partial charge in [-0.1, -0.05) is 22.6 Å². The zero-order valence-corrected chi connectivity index (χ0v) is 13.9. The maximum atomic E-state index is 11.8. The van der Waals surface area contributed by atoms with Crippen molar-refractivity contribution >= 4 is 43.0 Å². The first-order chi connectivity index (χ1) is 9.47. The quantitative estimate of drug-likeness (QED) is 0.565. The minimum Gasteiger partial charge on any atom is -0.394 e. The number of halogens is 2. The molecule has 2 rings (SSSR count). The van der Waals surface area contributed by atoms with Gasteiger partial charge in [0.25, 0.3) is 5.56 Å². The normalized spacial score (nSPS) is 27.0. The zero-order valence-electron chi connectivity index (χ0n) is 10.1. The second-order valence-corrected chi connectivity index (χ2v) is 5.76. The maximum Gasteiger partial charge on any atom is 0.330 e. The van der Waals surface area contributed by atoms with Gasteiger partial charge >= 0.3 is 5.69 Å². The number of nitrogens with one attached hydrogen (secondary N) is 1. The summed E-state index contributed by atoms with van der Waals surface area (Å²) in [5, 5.41) is 18.7. The molecule has 3 N–H and O–H groups in total. The molecule has 1 fully saturated rings. The van der Waals surface area contributed by atoms with E-state index in [2.05, 4.69) is 20.9 Å². The number of rotatable bonds is 3. The van der Waals surface area contributed by atoms with E-state index in [0.29, 0.717) is 4.48 Å². The van der Waals surface area contributed by atoms with E-state index >= 15 is 0 Å². The number of hydrogen-bond acceptors (Lipinski definition) is 5. The summed E-state index contributed by atoms with van der Waals surface area (Å²) in [6.45, 7) is -0.333. The van der Waals surface area contributed by atoms with E-state index in [1.54, 1.807) is 4.08 Å². The Kier molecular flexibility index (Phi) is 5.18. The van der Waals surface area contributed by atoms with Crippen LogP contribution < -0.4 is 11.2 Å². The highest BCUT2D eigenvalue weighted by atomic mass is 127. The molecule has 110 valence electrons. The minimum atomic E-state index is -0.851. The molecule has 0 bridgehead atoms. The van der Waals surface area contributed by atoms with Crippen molar-refractivity contribution in [2.24, 2.45) is 0 Å². The molecule has 20 heavy (non-hydrogen) atoms. The largest absolute Gasteiger partial charge is 0.394 e. The van der Waals surface area contributed by atoms with E-state index in [1.165, 1.54) is 10.8 Å². The molecule has 1 aromatic rings. The average molecular weight is 459 g/mol. The third kappa shape index (κ3) is 3.06. The van der Waals surface area contributed by atoms with E-state index < -0.39 is 29.7 Å². The first-order valence-corrected chi connectivity index (χ1v) is 7.78. The molecule has 1 aromatic heterocycles.